The molecule has 1 aromatic heterocycles. The molecule has 0 aliphatic carbocycles. The molecule has 0 spiro atoms. The van der Waals surface area contributed by atoms with E-state index in [0.29, 0.717) is 18.5 Å². The van der Waals surface area contributed by atoms with Gasteiger partial charge in [0.2, 0.25) is 5.91 Å². The van der Waals surface area contributed by atoms with Crippen LogP contribution in [-0.4, -0.2) is 56.6 Å². The van der Waals surface area contributed by atoms with Crippen molar-refractivity contribution < 1.29 is 14.7 Å². The van der Waals surface area contributed by atoms with Crippen molar-refractivity contribution in [3.8, 4) is 5.69 Å². The summed E-state index contributed by atoms with van der Waals surface area (Å²) in [5, 5.41) is 13.0. The molecule has 0 radical (unpaired) electrons. The van der Waals surface area contributed by atoms with Crippen molar-refractivity contribution in [2.75, 3.05) is 13.1 Å². The van der Waals surface area contributed by atoms with Gasteiger partial charge in [0.15, 0.2) is 0 Å². The monoisotopic (exact) mass is 392 g/mol. The maximum atomic E-state index is 12.9. The second-order valence-electron chi connectivity index (χ2n) is 7.57. The lowest BCUT2D eigenvalue weighted by atomic mass is 10.0. The first-order valence-electron chi connectivity index (χ1n) is 9.71. The molecule has 2 atom stereocenters. The Morgan fingerprint density at radius 3 is 2.76 bits per heavy atom. The molecule has 1 aliphatic heterocycles. The number of amides is 2. The molecule has 2 heterocycles. The zero-order valence-corrected chi connectivity index (χ0v) is 16.5. The third kappa shape index (κ3) is 3.86. The van der Waals surface area contributed by atoms with Crippen LogP contribution in [0.3, 0.4) is 0 Å². The molecular weight excluding hydrogens is 368 g/mol. The highest BCUT2D eigenvalue weighted by atomic mass is 16.3. The molecule has 1 saturated heterocycles. The number of nitrogens with zero attached hydrogens (tertiary/aromatic N) is 3. The van der Waals surface area contributed by atoms with E-state index >= 15 is 0 Å². The van der Waals surface area contributed by atoms with Gasteiger partial charge in [0.05, 0.1) is 23.2 Å². The lowest BCUT2D eigenvalue weighted by Crippen LogP contribution is -2.55. The second-order valence-corrected chi connectivity index (χ2v) is 7.57. The molecule has 7 nitrogen and oxygen atoms in total. The number of fused-ring (bicyclic) bond motifs is 1. The number of rotatable bonds is 3. The second kappa shape index (κ2) is 7.67. The topological polar surface area (TPSA) is 87.5 Å². The molecule has 2 amide bonds. The van der Waals surface area contributed by atoms with Gasteiger partial charge in [0, 0.05) is 31.3 Å². The maximum Gasteiger partial charge on any atom is 0.254 e. The van der Waals surface area contributed by atoms with Crippen LogP contribution in [0.15, 0.2) is 48.8 Å². The number of nitrogens with one attached hydrogen (secondary N) is 1. The quantitative estimate of drug-likeness (QED) is 0.714. The average molecular weight is 392 g/mol. The number of piperidine rings is 1. The van der Waals surface area contributed by atoms with Crippen molar-refractivity contribution in [3.05, 3.63) is 59.9 Å². The summed E-state index contributed by atoms with van der Waals surface area (Å²) in [5.41, 5.74) is 4.40. The van der Waals surface area contributed by atoms with E-state index in [1.165, 1.54) is 6.92 Å². The number of carbonyl (C=O) groups is 2. The molecule has 0 bridgehead atoms. The van der Waals surface area contributed by atoms with Gasteiger partial charge in [-0.2, -0.15) is 0 Å². The first-order valence-corrected chi connectivity index (χ1v) is 9.71. The van der Waals surface area contributed by atoms with Crippen LogP contribution in [0.2, 0.25) is 0 Å². The van der Waals surface area contributed by atoms with Crippen molar-refractivity contribution in [3.63, 3.8) is 0 Å². The predicted molar refractivity (Wildman–Crippen MR) is 110 cm³/mol. The van der Waals surface area contributed by atoms with E-state index in [2.05, 4.69) is 16.4 Å². The molecule has 3 aromatic rings. The minimum atomic E-state index is -0.777. The van der Waals surface area contributed by atoms with E-state index in [1.54, 1.807) is 23.4 Å². The third-order valence-corrected chi connectivity index (χ3v) is 5.33. The Bertz CT molecular complexity index is 1070. The summed E-state index contributed by atoms with van der Waals surface area (Å²) in [6, 6.07) is 13.3. The lowest BCUT2D eigenvalue weighted by molar-refractivity contribution is -0.121. The first-order chi connectivity index (χ1) is 13.9. The molecule has 4 rings (SSSR count). The molecule has 1 aliphatic rings. The van der Waals surface area contributed by atoms with Crippen LogP contribution in [0.4, 0.5) is 0 Å². The summed E-state index contributed by atoms with van der Waals surface area (Å²) >= 11 is 0. The summed E-state index contributed by atoms with van der Waals surface area (Å²) in [4.78, 5) is 30.3. The molecular formula is C22H24N4O3. The molecule has 29 heavy (non-hydrogen) atoms. The molecule has 1 fully saturated rings. The number of benzene rings is 2. The number of likely N-dealkylation sites (tertiary alicyclic amines) is 1. The fourth-order valence-electron chi connectivity index (χ4n) is 3.86. The number of aliphatic hydroxyl groups excluding tert-OH is 1. The maximum absolute atomic E-state index is 12.9. The summed E-state index contributed by atoms with van der Waals surface area (Å²) in [6.45, 7) is 4.15. The SMILES string of the molecule is CC(=O)NC1CCN(C(=O)c2ccc3c(c2)ncn3-c2cccc(C)c2)CC1O. The number of aryl methyl sites for hydroxylation is 1. The number of hydrogen-bond acceptors (Lipinski definition) is 4. The van der Waals surface area contributed by atoms with Crippen LogP contribution in [-0.2, 0) is 4.79 Å². The van der Waals surface area contributed by atoms with Crippen molar-refractivity contribution in [1.29, 1.82) is 0 Å². The fourth-order valence-corrected chi connectivity index (χ4v) is 3.86. The standard InChI is InChI=1S/C22H24N4O3/c1-14-4-3-5-17(10-14)26-13-23-19-11-16(6-7-20(19)26)22(29)25-9-8-18(21(28)12-25)24-15(2)27/h3-7,10-11,13,18,21,28H,8-9,12H2,1-2H3,(H,24,27). The van der Waals surface area contributed by atoms with Gasteiger partial charge in [-0.05, 0) is 49.2 Å². The highest BCUT2D eigenvalue weighted by Crippen LogP contribution is 2.22. The van der Waals surface area contributed by atoms with Crippen LogP contribution >= 0.6 is 0 Å². The van der Waals surface area contributed by atoms with Crippen molar-refractivity contribution in [1.82, 2.24) is 19.8 Å². The smallest absolute Gasteiger partial charge is 0.254 e. The summed E-state index contributed by atoms with van der Waals surface area (Å²) in [6.07, 6.45) is 1.51. The van der Waals surface area contributed by atoms with Crippen molar-refractivity contribution >= 4 is 22.8 Å². The van der Waals surface area contributed by atoms with E-state index in [0.717, 1.165) is 22.3 Å². The van der Waals surface area contributed by atoms with Crippen LogP contribution in [0.1, 0.15) is 29.3 Å². The fraction of sp³-hybridized carbons (Fsp3) is 0.318. The van der Waals surface area contributed by atoms with Crippen LogP contribution in [0, 0.1) is 6.92 Å². The van der Waals surface area contributed by atoms with Gasteiger partial charge in [-0.15, -0.1) is 0 Å². The Labute approximate surface area is 169 Å². The summed E-state index contributed by atoms with van der Waals surface area (Å²) in [5.74, 6) is -0.319. The summed E-state index contributed by atoms with van der Waals surface area (Å²) < 4.78 is 2.00. The van der Waals surface area contributed by atoms with Crippen LogP contribution in [0.5, 0.6) is 0 Å². The Balaban J connectivity index is 1.54. The predicted octanol–water partition coefficient (Wildman–Crippen LogP) is 2.05. The molecule has 7 heteroatoms. The van der Waals surface area contributed by atoms with Gasteiger partial charge in [0.25, 0.3) is 5.91 Å². The largest absolute Gasteiger partial charge is 0.389 e. The lowest BCUT2D eigenvalue weighted by Gasteiger charge is -2.36. The van der Waals surface area contributed by atoms with Gasteiger partial charge >= 0.3 is 0 Å². The number of β-amino-alcohol motifs (C(OH)–C–C–N with tert-alkyl or cyclic N) is 1. The third-order valence-electron chi connectivity index (χ3n) is 5.33. The van der Waals surface area contributed by atoms with Crippen LogP contribution in [0.25, 0.3) is 16.7 Å². The molecule has 2 unspecified atom stereocenters. The zero-order valence-electron chi connectivity index (χ0n) is 16.5. The molecule has 150 valence electrons. The Hall–Kier alpha value is -3.19. The minimum Gasteiger partial charge on any atom is -0.389 e. The Morgan fingerprint density at radius 1 is 1.21 bits per heavy atom. The van der Waals surface area contributed by atoms with Gasteiger partial charge in [-0.3, -0.25) is 14.2 Å². The van der Waals surface area contributed by atoms with Crippen molar-refractivity contribution in [2.45, 2.75) is 32.4 Å². The minimum absolute atomic E-state index is 0.141. The van der Waals surface area contributed by atoms with E-state index in [-0.39, 0.29) is 24.4 Å². The normalized spacial score (nSPS) is 19.3. The zero-order chi connectivity index (χ0) is 20.5. The van der Waals surface area contributed by atoms with E-state index in [9.17, 15) is 14.7 Å². The Kier molecular flexibility index (Phi) is 5.07. The highest BCUT2D eigenvalue weighted by Gasteiger charge is 2.31. The van der Waals surface area contributed by atoms with E-state index < -0.39 is 6.10 Å². The molecule has 2 N–H and O–H groups in total. The number of imidazole rings is 1. The first kappa shape index (κ1) is 19.1. The van der Waals surface area contributed by atoms with Gasteiger partial charge < -0.3 is 15.3 Å². The number of carbonyl (C=O) groups excluding carboxylic acids is 2. The Morgan fingerprint density at radius 2 is 2.03 bits per heavy atom. The summed E-state index contributed by atoms with van der Waals surface area (Å²) in [7, 11) is 0. The number of hydrogen-bond donors (Lipinski definition) is 2. The van der Waals surface area contributed by atoms with Crippen LogP contribution < -0.4 is 5.32 Å². The molecule has 0 saturated carbocycles. The number of aromatic nitrogens is 2. The van der Waals surface area contributed by atoms with E-state index in [1.807, 2.05) is 35.8 Å². The average Bonchev–Trinajstić information content (AvgIpc) is 3.12. The highest BCUT2D eigenvalue weighted by molar-refractivity contribution is 5.97. The molecule has 2 aromatic carbocycles. The van der Waals surface area contributed by atoms with Gasteiger partial charge in [-0.25, -0.2) is 4.98 Å². The van der Waals surface area contributed by atoms with Gasteiger partial charge in [-0.1, -0.05) is 12.1 Å². The number of aliphatic hydroxyl groups is 1. The van der Waals surface area contributed by atoms with Gasteiger partial charge in [0.1, 0.15) is 6.33 Å². The van der Waals surface area contributed by atoms with Crippen molar-refractivity contribution in [2.24, 2.45) is 0 Å². The van der Waals surface area contributed by atoms with E-state index in [4.69, 9.17) is 0 Å².